The van der Waals surface area contributed by atoms with E-state index in [-0.39, 0.29) is 18.3 Å². The van der Waals surface area contributed by atoms with Gasteiger partial charge in [0, 0.05) is 10.3 Å². The van der Waals surface area contributed by atoms with E-state index in [0.717, 1.165) is 27.1 Å². The Morgan fingerprint density at radius 3 is 2.74 bits per heavy atom. The van der Waals surface area contributed by atoms with Gasteiger partial charge in [0.25, 0.3) is 5.91 Å². The third-order valence-corrected chi connectivity index (χ3v) is 5.24. The van der Waals surface area contributed by atoms with Crippen molar-refractivity contribution in [1.82, 2.24) is 4.98 Å². The molecule has 0 bridgehead atoms. The zero-order chi connectivity index (χ0) is 18.8. The second-order valence-electron chi connectivity index (χ2n) is 6.15. The van der Waals surface area contributed by atoms with Crippen LogP contribution in [0.25, 0.3) is 10.8 Å². The number of rotatable bonds is 5. The Morgan fingerprint density at radius 2 is 1.93 bits per heavy atom. The highest BCUT2D eigenvalue weighted by Gasteiger charge is 2.14. The number of aromatic nitrogens is 1. The number of ether oxygens (including phenoxy) is 1. The zero-order valence-electron chi connectivity index (χ0n) is 15.0. The molecule has 1 amide bonds. The maximum atomic E-state index is 12.3. The SMILES string of the molecule is Cc1nc(NC(=O)c2ccc(COc3cccc4ccccc34)o2)sc1C. The van der Waals surface area contributed by atoms with E-state index < -0.39 is 0 Å². The largest absolute Gasteiger partial charge is 0.485 e. The van der Waals surface area contributed by atoms with Crippen LogP contribution in [0, 0.1) is 13.8 Å². The van der Waals surface area contributed by atoms with Crippen LogP contribution in [0.1, 0.15) is 26.9 Å². The lowest BCUT2D eigenvalue weighted by Crippen LogP contribution is -2.10. The summed E-state index contributed by atoms with van der Waals surface area (Å²) in [6, 6.07) is 17.3. The quantitative estimate of drug-likeness (QED) is 0.509. The molecule has 0 aliphatic rings. The van der Waals surface area contributed by atoms with Gasteiger partial charge < -0.3 is 9.15 Å². The lowest BCUT2D eigenvalue weighted by atomic mass is 10.1. The van der Waals surface area contributed by atoms with Crippen LogP contribution in [0.4, 0.5) is 5.13 Å². The predicted octanol–water partition coefficient (Wildman–Crippen LogP) is 5.34. The number of carbonyl (C=O) groups is 1. The molecule has 136 valence electrons. The molecule has 0 atom stereocenters. The summed E-state index contributed by atoms with van der Waals surface area (Å²) in [7, 11) is 0. The standard InChI is InChI=1S/C21H18N2O3S/c1-13-14(2)27-21(22-13)23-20(24)19-11-10-16(26-19)12-25-18-9-5-7-15-6-3-4-8-17(15)18/h3-11H,12H2,1-2H3,(H,22,23,24). The second-order valence-corrected chi connectivity index (χ2v) is 7.35. The van der Waals surface area contributed by atoms with E-state index in [1.54, 1.807) is 12.1 Å². The normalized spacial score (nSPS) is 10.9. The molecule has 0 aliphatic carbocycles. The van der Waals surface area contributed by atoms with E-state index in [1.807, 2.05) is 56.3 Å². The Balaban J connectivity index is 1.44. The number of carbonyl (C=O) groups excluding carboxylic acids is 1. The number of anilines is 1. The number of amides is 1. The van der Waals surface area contributed by atoms with Crippen LogP contribution in [0.2, 0.25) is 0 Å². The van der Waals surface area contributed by atoms with Gasteiger partial charge in [0.05, 0.1) is 5.69 Å². The molecule has 4 rings (SSSR count). The summed E-state index contributed by atoms with van der Waals surface area (Å²) in [5, 5.41) is 5.49. The molecule has 0 fully saturated rings. The third-order valence-electron chi connectivity index (χ3n) is 4.25. The minimum absolute atomic E-state index is 0.233. The molecule has 5 nitrogen and oxygen atoms in total. The number of nitrogens with one attached hydrogen (secondary N) is 1. The van der Waals surface area contributed by atoms with E-state index in [2.05, 4.69) is 10.3 Å². The summed E-state index contributed by atoms with van der Waals surface area (Å²) >= 11 is 1.44. The lowest BCUT2D eigenvalue weighted by molar-refractivity contribution is 0.0992. The van der Waals surface area contributed by atoms with E-state index >= 15 is 0 Å². The molecule has 0 spiro atoms. The Labute approximate surface area is 160 Å². The van der Waals surface area contributed by atoms with E-state index in [9.17, 15) is 4.79 Å². The number of benzene rings is 2. The maximum absolute atomic E-state index is 12.3. The van der Waals surface area contributed by atoms with Gasteiger partial charge >= 0.3 is 0 Å². The fourth-order valence-electron chi connectivity index (χ4n) is 2.73. The summed E-state index contributed by atoms with van der Waals surface area (Å²) in [5.41, 5.74) is 0.916. The van der Waals surface area contributed by atoms with Gasteiger partial charge in [0.2, 0.25) is 0 Å². The Hall–Kier alpha value is -3.12. The van der Waals surface area contributed by atoms with Crippen LogP contribution >= 0.6 is 11.3 Å². The van der Waals surface area contributed by atoms with Gasteiger partial charge in [-0.25, -0.2) is 4.98 Å². The summed E-state index contributed by atoms with van der Waals surface area (Å²) < 4.78 is 11.5. The van der Waals surface area contributed by atoms with Crippen molar-refractivity contribution in [3.8, 4) is 5.75 Å². The molecular formula is C21H18N2O3S. The van der Waals surface area contributed by atoms with Crippen molar-refractivity contribution in [3.63, 3.8) is 0 Å². The minimum atomic E-state index is -0.319. The molecule has 0 unspecified atom stereocenters. The molecule has 2 aromatic heterocycles. The first-order valence-electron chi connectivity index (χ1n) is 8.55. The second kappa shape index (κ2) is 7.25. The summed E-state index contributed by atoms with van der Waals surface area (Å²) in [5.74, 6) is 1.28. The molecule has 2 aromatic carbocycles. The van der Waals surface area contributed by atoms with Gasteiger partial charge in [-0.15, -0.1) is 11.3 Å². The van der Waals surface area contributed by atoms with Crippen LogP contribution in [0.15, 0.2) is 59.0 Å². The Bertz CT molecular complexity index is 1090. The molecular weight excluding hydrogens is 360 g/mol. The number of fused-ring (bicyclic) bond motifs is 1. The molecule has 0 saturated carbocycles. The van der Waals surface area contributed by atoms with Gasteiger partial charge in [-0.3, -0.25) is 10.1 Å². The fraction of sp³-hybridized carbons (Fsp3) is 0.143. The molecule has 2 heterocycles. The zero-order valence-corrected chi connectivity index (χ0v) is 15.8. The van der Waals surface area contributed by atoms with Crippen molar-refractivity contribution in [2.45, 2.75) is 20.5 Å². The summed E-state index contributed by atoms with van der Waals surface area (Å²) in [6.07, 6.45) is 0. The molecule has 6 heteroatoms. The predicted molar refractivity (Wildman–Crippen MR) is 107 cm³/mol. The van der Waals surface area contributed by atoms with E-state index in [0.29, 0.717) is 10.9 Å². The fourth-order valence-corrected chi connectivity index (χ4v) is 3.54. The highest BCUT2D eigenvalue weighted by molar-refractivity contribution is 7.15. The average Bonchev–Trinajstić information content (AvgIpc) is 3.26. The number of thiazole rings is 1. The summed E-state index contributed by atoms with van der Waals surface area (Å²) in [4.78, 5) is 17.7. The molecule has 27 heavy (non-hydrogen) atoms. The molecule has 0 saturated heterocycles. The van der Waals surface area contributed by atoms with Crippen molar-refractivity contribution in [2.75, 3.05) is 5.32 Å². The topological polar surface area (TPSA) is 64.4 Å². The van der Waals surface area contributed by atoms with Crippen LogP contribution in [0.3, 0.4) is 0 Å². The highest BCUT2D eigenvalue weighted by atomic mass is 32.1. The number of nitrogens with zero attached hydrogens (tertiary/aromatic N) is 1. The molecule has 0 radical (unpaired) electrons. The van der Waals surface area contributed by atoms with Crippen LogP contribution in [-0.2, 0) is 6.61 Å². The van der Waals surface area contributed by atoms with Crippen molar-refractivity contribution >= 4 is 33.1 Å². The third kappa shape index (κ3) is 3.71. The first-order chi connectivity index (χ1) is 13.1. The molecule has 4 aromatic rings. The van der Waals surface area contributed by atoms with E-state index in [1.165, 1.54) is 11.3 Å². The van der Waals surface area contributed by atoms with Gasteiger partial charge in [-0.1, -0.05) is 36.4 Å². The highest BCUT2D eigenvalue weighted by Crippen LogP contribution is 2.26. The van der Waals surface area contributed by atoms with Gasteiger partial charge in [-0.05, 0) is 37.4 Å². The molecule has 1 N–H and O–H groups in total. The van der Waals surface area contributed by atoms with Crippen LogP contribution < -0.4 is 10.1 Å². The van der Waals surface area contributed by atoms with Gasteiger partial charge in [-0.2, -0.15) is 0 Å². The number of furan rings is 1. The van der Waals surface area contributed by atoms with Crippen molar-refractivity contribution in [1.29, 1.82) is 0 Å². The number of hydrogen-bond acceptors (Lipinski definition) is 5. The van der Waals surface area contributed by atoms with Crippen LogP contribution in [-0.4, -0.2) is 10.9 Å². The monoisotopic (exact) mass is 378 g/mol. The molecule has 0 aliphatic heterocycles. The Morgan fingerprint density at radius 1 is 1.11 bits per heavy atom. The lowest BCUT2D eigenvalue weighted by Gasteiger charge is -2.07. The van der Waals surface area contributed by atoms with Crippen molar-refractivity contribution in [3.05, 3.63) is 76.7 Å². The minimum Gasteiger partial charge on any atom is -0.485 e. The first kappa shape index (κ1) is 17.3. The van der Waals surface area contributed by atoms with Gasteiger partial charge in [0.1, 0.15) is 18.1 Å². The maximum Gasteiger partial charge on any atom is 0.293 e. The smallest absolute Gasteiger partial charge is 0.293 e. The number of hydrogen-bond donors (Lipinski definition) is 1. The van der Waals surface area contributed by atoms with Crippen molar-refractivity contribution < 1.29 is 13.9 Å². The average molecular weight is 378 g/mol. The summed E-state index contributed by atoms with van der Waals surface area (Å²) in [6.45, 7) is 4.13. The van der Waals surface area contributed by atoms with E-state index in [4.69, 9.17) is 9.15 Å². The van der Waals surface area contributed by atoms with Gasteiger partial charge in [0.15, 0.2) is 10.9 Å². The first-order valence-corrected chi connectivity index (χ1v) is 9.36. The Kier molecular flexibility index (Phi) is 4.64. The number of aryl methyl sites for hydroxylation is 2. The van der Waals surface area contributed by atoms with Crippen LogP contribution in [0.5, 0.6) is 5.75 Å². The van der Waals surface area contributed by atoms with Crippen molar-refractivity contribution in [2.24, 2.45) is 0 Å².